The molecule has 3 amide bonds. The van der Waals surface area contributed by atoms with E-state index in [0.717, 1.165) is 32.1 Å². The zero-order valence-electron chi connectivity index (χ0n) is 14.7. The summed E-state index contributed by atoms with van der Waals surface area (Å²) in [5.74, 6) is -1.40. The van der Waals surface area contributed by atoms with Gasteiger partial charge in [-0.05, 0) is 55.3 Å². The highest BCUT2D eigenvalue weighted by Crippen LogP contribution is 2.31. The fourth-order valence-corrected chi connectivity index (χ4v) is 3.81. The Balaban J connectivity index is 1.57. The van der Waals surface area contributed by atoms with Gasteiger partial charge in [-0.25, -0.2) is 4.39 Å². The summed E-state index contributed by atoms with van der Waals surface area (Å²) >= 11 is 0. The first-order valence-corrected chi connectivity index (χ1v) is 9.13. The molecule has 0 spiro atoms. The molecule has 6 heteroatoms. The standard InChI is InChI=1S/C21H19FN2O3/c22-14-7-9-15(10-8-14)23-19(25)13-6-11-17-18(12-13)21(27)24(20(17)26)16-4-2-1-3-5-16/h6-12,16H,1-5H2,(H,23,25). The molecule has 2 aliphatic rings. The highest BCUT2D eigenvalue weighted by molar-refractivity contribution is 6.22. The molecule has 0 unspecified atom stereocenters. The first-order valence-electron chi connectivity index (χ1n) is 9.13. The minimum Gasteiger partial charge on any atom is -0.322 e. The number of halogens is 1. The zero-order valence-corrected chi connectivity index (χ0v) is 14.7. The average Bonchev–Trinajstić information content (AvgIpc) is 2.94. The van der Waals surface area contributed by atoms with Crippen LogP contribution in [0.25, 0.3) is 0 Å². The van der Waals surface area contributed by atoms with Gasteiger partial charge in [-0.2, -0.15) is 0 Å². The highest BCUT2D eigenvalue weighted by atomic mass is 19.1. The zero-order chi connectivity index (χ0) is 19.0. The maximum atomic E-state index is 13.0. The lowest BCUT2D eigenvalue weighted by molar-refractivity contribution is 0.0549. The number of rotatable bonds is 3. The summed E-state index contributed by atoms with van der Waals surface area (Å²) in [6.45, 7) is 0. The first-order chi connectivity index (χ1) is 13.0. The predicted molar refractivity (Wildman–Crippen MR) is 98.2 cm³/mol. The van der Waals surface area contributed by atoms with Crippen molar-refractivity contribution in [2.45, 2.75) is 38.1 Å². The molecule has 2 aromatic rings. The van der Waals surface area contributed by atoms with E-state index in [1.54, 1.807) is 0 Å². The molecule has 0 bridgehead atoms. The van der Waals surface area contributed by atoms with Crippen molar-refractivity contribution in [2.24, 2.45) is 0 Å². The summed E-state index contributed by atoms with van der Waals surface area (Å²) in [6, 6.07) is 9.91. The van der Waals surface area contributed by atoms with Crippen molar-refractivity contribution in [1.29, 1.82) is 0 Å². The summed E-state index contributed by atoms with van der Waals surface area (Å²) < 4.78 is 13.0. The van der Waals surface area contributed by atoms with Gasteiger partial charge in [-0.3, -0.25) is 19.3 Å². The van der Waals surface area contributed by atoms with Crippen LogP contribution in [0, 0.1) is 5.82 Å². The smallest absolute Gasteiger partial charge is 0.261 e. The van der Waals surface area contributed by atoms with Gasteiger partial charge in [0.2, 0.25) is 0 Å². The van der Waals surface area contributed by atoms with Gasteiger partial charge in [0.1, 0.15) is 5.82 Å². The van der Waals surface area contributed by atoms with Crippen LogP contribution in [0.3, 0.4) is 0 Å². The topological polar surface area (TPSA) is 66.5 Å². The maximum absolute atomic E-state index is 13.0. The molecule has 5 nitrogen and oxygen atoms in total. The summed E-state index contributed by atoms with van der Waals surface area (Å²) in [5.41, 5.74) is 1.36. The van der Waals surface area contributed by atoms with Crippen LogP contribution < -0.4 is 5.32 Å². The van der Waals surface area contributed by atoms with Crippen LogP contribution in [0.4, 0.5) is 10.1 Å². The van der Waals surface area contributed by atoms with Gasteiger partial charge in [0.15, 0.2) is 0 Å². The van der Waals surface area contributed by atoms with Crippen molar-refractivity contribution in [3.05, 3.63) is 65.0 Å². The Morgan fingerprint density at radius 2 is 1.59 bits per heavy atom. The molecule has 4 rings (SSSR count). The van der Waals surface area contributed by atoms with E-state index in [-0.39, 0.29) is 29.0 Å². The van der Waals surface area contributed by atoms with E-state index in [4.69, 9.17) is 0 Å². The monoisotopic (exact) mass is 366 g/mol. The van der Waals surface area contributed by atoms with E-state index in [1.807, 2.05) is 0 Å². The number of hydrogen-bond donors (Lipinski definition) is 1. The van der Waals surface area contributed by atoms with Crippen molar-refractivity contribution in [3.8, 4) is 0 Å². The highest BCUT2D eigenvalue weighted by Gasteiger charge is 2.40. The lowest BCUT2D eigenvalue weighted by Gasteiger charge is -2.29. The Labute approximate surface area is 156 Å². The molecule has 1 aliphatic heterocycles. The van der Waals surface area contributed by atoms with Gasteiger partial charge in [0, 0.05) is 17.3 Å². The molecule has 2 aromatic carbocycles. The molecule has 1 N–H and O–H groups in total. The maximum Gasteiger partial charge on any atom is 0.261 e. The number of fused-ring (bicyclic) bond motifs is 1. The fourth-order valence-electron chi connectivity index (χ4n) is 3.81. The van der Waals surface area contributed by atoms with Gasteiger partial charge in [-0.1, -0.05) is 19.3 Å². The number of carbonyl (C=O) groups excluding carboxylic acids is 3. The number of hydrogen-bond acceptors (Lipinski definition) is 3. The Morgan fingerprint density at radius 3 is 2.30 bits per heavy atom. The molecule has 0 atom stereocenters. The number of carbonyl (C=O) groups is 3. The largest absolute Gasteiger partial charge is 0.322 e. The molecule has 27 heavy (non-hydrogen) atoms. The Morgan fingerprint density at radius 1 is 0.926 bits per heavy atom. The number of nitrogens with one attached hydrogen (secondary N) is 1. The van der Waals surface area contributed by atoms with E-state index in [0.29, 0.717) is 11.3 Å². The van der Waals surface area contributed by atoms with E-state index in [2.05, 4.69) is 5.32 Å². The normalized spacial score (nSPS) is 17.1. The SMILES string of the molecule is O=C(Nc1ccc(F)cc1)c1ccc2c(c1)C(=O)N(C1CCCCC1)C2=O. The average molecular weight is 366 g/mol. The van der Waals surface area contributed by atoms with E-state index in [9.17, 15) is 18.8 Å². The molecule has 0 radical (unpaired) electrons. The van der Waals surface area contributed by atoms with Crippen molar-refractivity contribution in [1.82, 2.24) is 4.90 Å². The van der Waals surface area contributed by atoms with E-state index in [1.165, 1.54) is 47.4 Å². The second-order valence-electron chi connectivity index (χ2n) is 6.99. The third-order valence-electron chi connectivity index (χ3n) is 5.22. The van der Waals surface area contributed by atoms with E-state index < -0.39 is 11.7 Å². The lowest BCUT2D eigenvalue weighted by Crippen LogP contribution is -2.40. The first kappa shape index (κ1) is 17.4. The minimum atomic E-state index is -0.416. The second kappa shape index (κ2) is 6.95. The molecule has 138 valence electrons. The third kappa shape index (κ3) is 3.23. The molecular weight excluding hydrogens is 347 g/mol. The number of benzene rings is 2. The predicted octanol–water partition coefficient (Wildman–Crippen LogP) is 4.01. The molecular formula is C21H19FN2O3. The van der Waals surface area contributed by atoms with Crippen LogP contribution in [-0.4, -0.2) is 28.7 Å². The summed E-state index contributed by atoms with van der Waals surface area (Å²) in [7, 11) is 0. The van der Waals surface area contributed by atoms with Crippen LogP contribution >= 0.6 is 0 Å². The summed E-state index contributed by atoms with van der Waals surface area (Å²) in [4.78, 5) is 39.3. The number of nitrogens with zero attached hydrogens (tertiary/aromatic N) is 1. The van der Waals surface area contributed by atoms with Crippen molar-refractivity contribution >= 4 is 23.4 Å². The minimum absolute atomic E-state index is 0.0531. The van der Waals surface area contributed by atoms with Crippen molar-refractivity contribution in [2.75, 3.05) is 5.32 Å². The molecule has 0 saturated heterocycles. The Hall–Kier alpha value is -3.02. The second-order valence-corrected chi connectivity index (χ2v) is 6.99. The molecule has 1 saturated carbocycles. The van der Waals surface area contributed by atoms with Crippen LogP contribution in [0.15, 0.2) is 42.5 Å². The Bertz CT molecular complexity index is 918. The number of amides is 3. The number of imide groups is 1. The van der Waals surface area contributed by atoms with Crippen LogP contribution in [-0.2, 0) is 0 Å². The quantitative estimate of drug-likeness (QED) is 0.835. The van der Waals surface area contributed by atoms with Crippen molar-refractivity contribution in [3.63, 3.8) is 0 Å². The molecule has 1 aliphatic carbocycles. The van der Waals surface area contributed by atoms with Crippen LogP contribution in [0.1, 0.15) is 63.2 Å². The van der Waals surface area contributed by atoms with Gasteiger partial charge >= 0.3 is 0 Å². The van der Waals surface area contributed by atoms with Crippen LogP contribution in [0.2, 0.25) is 0 Å². The van der Waals surface area contributed by atoms with Gasteiger partial charge in [-0.15, -0.1) is 0 Å². The molecule has 1 fully saturated rings. The van der Waals surface area contributed by atoms with Gasteiger partial charge < -0.3 is 5.32 Å². The lowest BCUT2D eigenvalue weighted by atomic mass is 9.94. The Kier molecular flexibility index (Phi) is 4.48. The fraction of sp³-hybridized carbons (Fsp3) is 0.286. The summed E-state index contributed by atoms with van der Waals surface area (Å²) in [5, 5.41) is 2.66. The molecule has 0 aromatic heterocycles. The van der Waals surface area contributed by atoms with Gasteiger partial charge in [0.25, 0.3) is 17.7 Å². The number of anilines is 1. The van der Waals surface area contributed by atoms with E-state index >= 15 is 0 Å². The van der Waals surface area contributed by atoms with Crippen molar-refractivity contribution < 1.29 is 18.8 Å². The third-order valence-corrected chi connectivity index (χ3v) is 5.22. The van der Waals surface area contributed by atoms with Crippen LogP contribution in [0.5, 0.6) is 0 Å². The molecule has 1 heterocycles. The van der Waals surface area contributed by atoms with Gasteiger partial charge in [0.05, 0.1) is 11.1 Å². The summed E-state index contributed by atoms with van der Waals surface area (Å²) in [6.07, 6.45) is 4.84.